The summed E-state index contributed by atoms with van der Waals surface area (Å²) in [4.78, 5) is 20.8. The number of ether oxygens (including phenoxy) is 1. The molecule has 7 heteroatoms. The molecule has 6 nitrogen and oxygen atoms in total. The number of hydrogen-bond acceptors (Lipinski definition) is 5. The van der Waals surface area contributed by atoms with Crippen LogP contribution in [-0.2, 0) is 9.53 Å². The maximum Gasteiger partial charge on any atom is 0.384 e. The minimum Gasteiger partial charge on any atom is -0.456 e. The summed E-state index contributed by atoms with van der Waals surface area (Å²) in [7, 11) is 0. The molecule has 0 atom stereocenters. The first-order valence-electron chi connectivity index (χ1n) is 4.88. The van der Waals surface area contributed by atoms with E-state index in [4.69, 9.17) is 5.73 Å². The van der Waals surface area contributed by atoms with Gasteiger partial charge >= 0.3 is 5.97 Å². The van der Waals surface area contributed by atoms with E-state index in [1.54, 1.807) is 6.92 Å². The summed E-state index contributed by atoms with van der Waals surface area (Å²) in [6.07, 6.45) is 0. The SMILES string of the molecule is CCOC(=O)C#Cc1cc([N+](=O)[O-])c(N)cc1F. The molecule has 1 aromatic carbocycles. The van der Waals surface area contributed by atoms with Crippen molar-refractivity contribution in [3.05, 3.63) is 33.6 Å². The first-order chi connectivity index (χ1) is 8.45. The largest absolute Gasteiger partial charge is 0.456 e. The standard InChI is InChI=1S/C11H9FN2O4/c1-2-18-11(15)4-3-7-5-10(14(16)17)9(13)6-8(7)12/h5-6H,2,13H2,1H3. The highest BCUT2D eigenvalue weighted by Gasteiger charge is 2.15. The van der Waals surface area contributed by atoms with Gasteiger partial charge in [0.2, 0.25) is 0 Å². The van der Waals surface area contributed by atoms with Crippen LogP contribution in [0.4, 0.5) is 15.8 Å². The van der Waals surface area contributed by atoms with Crippen LogP contribution in [0.3, 0.4) is 0 Å². The fraction of sp³-hybridized carbons (Fsp3) is 0.182. The van der Waals surface area contributed by atoms with E-state index in [9.17, 15) is 19.3 Å². The van der Waals surface area contributed by atoms with Gasteiger partial charge in [-0.15, -0.1) is 0 Å². The van der Waals surface area contributed by atoms with Crippen molar-refractivity contribution < 1.29 is 18.8 Å². The molecule has 0 spiro atoms. The number of rotatable bonds is 2. The lowest BCUT2D eigenvalue weighted by Gasteiger charge is -1.99. The molecule has 0 unspecified atom stereocenters. The normalized spacial score (nSPS) is 9.22. The third-order valence-electron chi connectivity index (χ3n) is 1.89. The van der Waals surface area contributed by atoms with Crippen molar-refractivity contribution in [1.82, 2.24) is 0 Å². The summed E-state index contributed by atoms with van der Waals surface area (Å²) in [5, 5.41) is 10.6. The van der Waals surface area contributed by atoms with Crippen molar-refractivity contribution in [1.29, 1.82) is 0 Å². The van der Waals surface area contributed by atoms with Gasteiger partial charge in [0.15, 0.2) is 0 Å². The quantitative estimate of drug-likeness (QED) is 0.281. The van der Waals surface area contributed by atoms with Crippen LogP contribution in [0.2, 0.25) is 0 Å². The van der Waals surface area contributed by atoms with Gasteiger partial charge in [0.25, 0.3) is 5.69 Å². The average molecular weight is 252 g/mol. The van der Waals surface area contributed by atoms with Crippen LogP contribution in [0.25, 0.3) is 0 Å². The van der Waals surface area contributed by atoms with Crippen LogP contribution in [0, 0.1) is 27.8 Å². The molecule has 0 fully saturated rings. The number of benzene rings is 1. The molecule has 0 aliphatic rings. The zero-order valence-corrected chi connectivity index (χ0v) is 9.40. The molecule has 0 aliphatic heterocycles. The zero-order chi connectivity index (χ0) is 13.7. The van der Waals surface area contributed by atoms with Gasteiger partial charge in [0.05, 0.1) is 17.1 Å². The van der Waals surface area contributed by atoms with Crippen LogP contribution < -0.4 is 5.73 Å². The number of halogens is 1. The number of carbonyl (C=O) groups excluding carboxylic acids is 1. The first-order valence-corrected chi connectivity index (χ1v) is 4.88. The molecule has 1 rings (SSSR count). The Labute approximate surface area is 102 Å². The van der Waals surface area contributed by atoms with Gasteiger partial charge in [-0.1, -0.05) is 5.92 Å². The highest BCUT2D eigenvalue weighted by molar-refractivity contribution is 5.89. The summed E-state index contributed by atoms with van der Waals surface area (Å²) < 4.78 is 17.9. The summed E-state index contributed by atoms with van der Waals surface area (Å²) in [6.45, 7) is 1.73. The number of esters is 1. The highest BCUT2D eigenvalue weighted by atomic mass is 19.1. The van der Waals surface area contributed by atoms with Crippen LogP contribution in [0.5, 0.6) is 0 Å². The van der Waals surface area contributed by atoms with Crippen LogP contribution in [-0.4, -0.2) is 17.5 Å². The van der Waals surface area contributed by atoms with Gasteiger partial charge in [0, 0.05) is 18.1 Å². The monoisotopic (exact) mass is 252 g/mol. The van der Waals surface area contributed by atoms with Crippen molar-refractivity contribution in [3.63, 3.8) is 0 Å². The van der Waals surface area contributed by atoms with Crippen LogP contribution in [0.1, 0.15) is 12.5 Å². The van der Waals surface area contributed by atoms with E-state index in [1.165, 1.54) is 0 Å². The Morgan fingerprint density at radius 3 is 2.83 bits per heavy atom. The van der Waals surface area contributed by atoms with E-state index < -0.39 is 22.4 Å². The fourth-order valence-corrected chi connectivity index (χ4v) is 1.12. The Hall–Kier alpha value is -2.62. The molecule has 0 heterocycles. The van der Waals surface area contributed by atoms with E-state index >= 15 is 0 Å². The second-order valence-electron chi connectivity index (χ2n) is 3.12. The number of anilines is 1. The van der Waals surface area contributed by atoms with Crippen LogP contribution in [0.15, 0.2) is 12.1 Å². The molecule has 0 saturated heterocycles. The molecule has 2 N–H and O–H groups in total. The Balaban J connectivity index is 3.13. The molecule has 18 heavy (non-hydrogen) atoms. The minimum absolute atomic E-state index is 0.137. The summed E-state index contributed by atoms with van der Waals surface area (Å²) in [5.74, 6) is 2.50. The highest BCUT2D eigenvalue weighted by Crippen LogP contribution is 2.24. The number of nitrogens with two attached hydrogens (primary N) is 1. The van der Waals surface area contributed by atoms with Gasteiger partial charge in [0.1, 0.15) is 11.5 Å². The predicted molar refractivity (Wildman–Crippen MR) is 61.0 cm³/mol. The molecule has 0 amide bonds. The molecule has 1 aromatic rings. The Kier molecular flexibility index (Phi) is 4.21. The maximum atomic E-state index is 13.4. The number of hydrogen-bond donors (Lipinski definition) is 1. The van der Waals surface area contributed by atoms with Gasteiger partial charge < -0.3 is 10.5 Å². The molecule has 94 valence electrons. The Bertz CT molecular complexity index is 560. The van der Waals surface area contributed by atoms with Crippen molar-refractivity contribution in [2.24, 2.45) is 0 Å². The Morgan fingerprint density at radius 1 is 1.61 bits per heavy atom. The first kappa shape index (κ1) is 13.4. The second kappa shape index (κ2) is 5.63. The molecular formula is C11H9FN2O4. The molecule has 0 aromatic heterocycles. The maximum absolute atomic E-state index is 13.4. The summed E-state index contributed by atoms with van der Waals surface area (Å²) in [6, 6.07) is 1.66. The van der Waals surface area contributed by atoms with Crippen LogP contribution >= 0.6 is 0 Å². The van der Waals surface area contributed by atoms with E-state index in [2.05, 4.69) is 10.7 Å². The van der Waals surface area contributed by atoms with E-state index in [0.29, 0.717) is 0 Å². The number of nitro groups is 1. The minimum atomic E-state index is -0.838. The third-order valence-corrected chi connectivity index (χ3v) is 1.89. The molecule has 0 aliphatic carbocycles. The summed E-state index contributed by atoms with van der Waals surface area (Å²) in [5.41, 5.74) is 4.21. The van der Waals surface area contributed by atoms with Crippen molar-refractivity contribution in [3.8, 4) is 11.8 Å². The van der Waals surface area contributed by atoms with Crippen molar-refractivity contribution in [2.45, 2.75) is 6.92 Å². The van der Waals surface area contributed by atoms with Crippen molar-refractivity contribution >= 4 is 17.3 Å². The number of carbonyl (C=O) groups is 1. The molecular weight excluding hydrogens is 243 g/mol. The van der Waals surface area contributed by atoms with Gasteiger partial charge in [-0.2, -0.15) is 0 Å². The molecule has 0 bridgehead atoms. The number of nitrogen functional groups attached to an aromatic ring is 1. The lowest BCUT2D eigenvalue weighted by Crippen LogP contribution is -2.01. The van der Waals surface area contributed by atoms with Gasteiger partial charge in [-0.25, -0.2) is 9.18 Å². The van der Waals surface area contributed by atoms with Gasteiger partial charge in [-0.3, -0.25) is 10.1 Å². The molecule has 0 saturated carbocycles. The number of nitrogens with zero attached hydrogens (tertiary/aromatic N) is 1. The predicted octanol–water partition coefficient (Wildman–Crippen LogP) is 1.23. The second-order valence-corrected chi connectivity index (χ2v) is 3.12. The van der Waals surface area contributed by atoms with E-state index in [-0.39, 0.29) is 17.9 Å². The lowest BCUT2D eigenvalue weighted by atomic mass is 10.1. The topological polar surface area (TPSA) is 95.5 Å². The van der Waals surface area contributed by atoms with Crippen molar-refractivity contribution in [2.75, 3.05) is 12.3 Å². The number of nitro benzene ring substituents is 1. The third kappa shape index (κ3) is 3.18. The summed E-state index contributed by atoms with van der Waals surface area (Å²) >= 11 is 0. The fourth-order valence-electron chi connectivity index (χ4n) is 1.12. The average Bonchev–Trinajstić information content (AvgIpc) is 2.27. The van der Waals surface area contributed by atoms with E-state index in [0.717, 1.165) is 12.1 Å². The molecule has 0 radical (unpaired) electrons. The lowest BCUT2D eigenvalue weighted by molar-refractivity contribution is -0.384. The van der Waals surface area contributed by atoms with Gasteiger partial charge in [-0.05, 0) is 6.92 Å². The smallest absolute Gasteiger partial charge is 0.384 e. The Morgan fingerprint density at radius 2 is 2.28 bits per heavy atom. The van der Waals surface area contributed by atoms with E-state index in [1.807, 2.05) is 5.92 Å². The zero-order valence-electron chi connectivity index (χ0n) is 9.40.